The van der Waals surface area contributed by atoms with Crippen LogP contribution in [0.25, 0.3) is 10.8 Å². The molecule has 38 heavy (non-hydrogen) atoms. The molecule has 3 aliphatic rings. The number of fused-ring (bicyclic) bond motifs is 4. The standard InChI is InChI=1S/C35H38N2O/c1-7-36-29-21-18-23-13-9-10-14-25(23)31(29)35(5,6)30(36)22-19-24-17-20-26(32(24)38)33-34(3,4)27-15-11-12-16-28(27)37(33)8-2/h9-16,18-19,21-22H,7-8,17,20H2,1-6H3/b24-19-,30-22+,33-26+. The summed E-state index contributed by atoms with van der Waals surface area (Å²) < 4.78 is 0. The summed E-state index contributed by atoms with van der Waals surface area (Å²) in [6.45, 7) is 15.3. The molecule has 0 unspecified atom stereocenters. The summed E-state index contributed by atoms with van der Waals surface area (Å²) in [5, 5.41) is 2.59. The molecule has 1 saturated carbocycles. The van der Waals surface area contributed by atoms with Gasteiger partial charge in [0.05, 0.1) is 0 Å². The van der Waals surface area contributed by atoms with Gasteiger partial charge in [-0.15, -0.1) is 0 Å². The summed E-state index contributed by atoms with van der Waals surface area (Å²) in [5.41, 5.74) is 9.26. The maximum atomic E-state index is 13.9. The van der Waals surface area contributed by atoms with Gasteiger partial charge in [-0.2, -0.15) is 0 Å². The van der Waals surface area contributed by atoms with Crippen molar-refractivity contribution in [1.29, 1.82) is 0 Å². The Morgan fingerprint density at radius 2 is 1.47 bits per heavy atom. The van der Waals surface area contributed by atoms with Gasteiger partial charge in [-0.05, 0) is 66.8 Å². The first-order valence-electron chi connectivity index (χ1n) is 14.1. The molecule has 2 aliphatic heterocycles. The van der Waals surface area contributed by atoms with Gasteiger partial charge >= 0.3 is 0 Å². The quantitative estimate of drug-likeness (QED) is 0.337. The van der Waals surface area contributed by atoms with Crippen LogP contribution in [-0.2, 0) is 15.6 Å². The molecule has 0 radical (unpaired) electrons. The highest BCUT2D eigenvalue weighted by Crippen LogP contribution is 2.52. The first-order chi connectivity index (χ1) is 18.2. The van der Waals surface area contributed by atoms with Crippen LogP contribution in [-0.4, -0.2) is 18.9 Å². The van der Waals surface area contributed by atoms with Gasteiger partial charge < -0.3 is 9.80 Å². The number of allylic oxidation sites excluding steroid dienone is 6. The molecule has 0 aromatic heterocycles. The summed E-state index contributed by atoms with van der Waals surface area (Å²) in [6, 6.07) is 21.8. The summed E-state index contributed by atoms with van der Waals surface area (Å²) in [6.07, 6.45) is 5.96. The molecule has 0 N–H and O–H groups in total. The molecule has 0 spiro atoms. The number of likely N-dealkylation sites (N-methyl/N-ethyl adjacent to an activating group) is 2. The van der Waals surface area contributed by atoms with E-state index in [0.717, 1.165) is 37.1 Å². The SMILES string of the molecule is CCN1/C(=C2\CC/C(=C/C=C3/N(CC)c4ccc5ccccc5c4C3(C)C)C2=O)C(C)(C)c2ccccc21. The van der Waals surface area contributed by atoms with E-state index in [1.807, 2.05) is 0 Å². The zero-order chi connectivity index (χ0) is 26.8. The zero-order valence-electron chi connectivity index (χ0n) is 23.6. The molecule has 3 aromatic rings. The number of rotatable bonds is 3. The highest BCUT2D eigenvalue weighted by molar-refractivity contribution is 6.12. The lowest BCUT2D eigenvalue weighted by atomic mass is 9.81. The third kappa shape index (κ3) is 3.37. The van der Waals surface area contributed by atoms with E-state index >= 15 is 0 Å². The van der Waals surface area contributed by atoms with Gasteiger partial charge in [0.2, 0.25) is 0 Å². The lowest BCUT2D eigenvalue weighted by molar-refractivity contribution is -0.111. The van der Waals surface area contributed by atoms with Crippen molar-refractivity contribution in [3.63, 3.8) is 0 Å². The summed E-state index contributed by atoms with van der Waals surface area (Å²) in [5.74, 6) is 0.220. The Kier molecular flexibility index (Phi) is 5.68. The van der Waals surface area contributed by atoms with Crippen LogP contribution in [0.4, 0.5) is 11.4 Å². The molecule has 3 heteroatoms. The molecule has 3 aromatic carbocycles. The molecule has 194 valence electrons. The molecule has 1 fully saturated rings. The maximum absolute atomic E-state index is 13.9. The second-order valence-corrected chi connectivity index (χ2v) is 11.8. The van der Waals surface area contributed by atoms with Crippen LogP contribution in [0.2, 0.25) is 0 Å². The number of carbonyl (C=O) groups excluding carboxylic acids is 1. The fourth-order valence-electron chi connectivity index (χ4n) is 7.31. The predicted octanol–water partition coefficient (Wildman–Crippen LogP) is 8.20. The van der Waals surface area contributed by atoms with Crippen LogP contribution in [0.3, 0.4) is 0 Å². The number of benzene rings is 3. The van der Waals surface area contributed by atoms with Gasteiger partial charge in [0.15, 0.2) is 5.78 Å². The second-order valence-electron chi connectivity index (χ2n) is 11.8. The van der Waals surface area contributed by atoms with Gasteiger partial charge in [0, 0.05) is 57.8 Å². The highest BCUT2D eigenvalue weighted by atomic mass is 16.1. The fourth-order valence-corrected chi connectivity index (χ4v) is 7.31. The normalized spacial score (nSPS) is 23.7. The zero-order valence-corrected chi connectivity index (χ0v) is 23.6. The Balaban J connectivity index is 1.41. The van der Waals surface area contributed by atoms with Crippen molar-refractivity contribution in [2.75, 3.05) is 22.9 Å². The fraction of sp³-hybridized carbons (Fsp3) is 0.343. The minimum atomic E-state index is -0.180. The van der Waals surface area contributed by atoms with Crippen molar-refractivity contribution in [2.24, 2.45) is 0 Å². The first kappa shape index (κ1) is 24.7. The molecule has 6 rings (SSSR count). The monoisotopic (exact) mass is 502 g/mol. The maximum Gasteiger partial charge on any atom is 0.186 e. The smallest absolute Gasteiger partial charge is 0.186 e. The van der Waals surface area contributed by atoms with Crippen molar-refractivity contribution >= 4 is 27.9 Å². The number of ketones is 1. The van der Waals surface area contributed by atoms with E-state index in [-0.39, 0.29) is 16.6 Å². The number of hydrogen-bond donors (Lipinski definition) is 0. The lowest BCUT2D eigenvalue weighted by Gasteiger charge is -2.28. The number of carbonyl (C=O) groups is 1. The van der Waals surface area contributed by atoms with Gasteiger partial charge in [0.1, 0.15) is 0 Å². The molecule has 0 amide bonds. The molecular formula is C35H38N2O. The Morgan fingerprint density at radius 1 is 0.763 bits per heavy atom. The van der Waals surface area contributed by atoms with E-state index in [4.69, 9.17) is 0 Å². The van der Waals surface area contributed by atoms with Crippen molar-refractivity contribution in [1.82, 2.24) is 0 Å². The number of anilines is 2. The average molecular weight is 503 g/mol. The largest absolute Gasteiger partial charge is 0.344 e. The predicted molar refractivity (Wildman–Crippen MR) is 160 cm³/mol. The summed E-state index contributed by atoms with van der Waals surface area (Å²) in [4.78, 5) is 18.7. The highest BCUT2D eigenvalue weighted by Gasteiger charge is 2.44. The van der Waals surface area contributed by atoms with Crippen molar-refractivity contribution < 1.29 is 4.79 Å². The van der Waals surface area contributed by atoms with Crippen LogP contribution in [0.5, 0.6) is 0 Å². The van der Waals surface area contributed by atoms with Gasteiger partial charge in [-0.3, -0.25) is 4.79 Å². The second kappa shape index (κ2) is 8.73. The van der Waals surface area contributed by atoms with Crippen LogP contribution in [0.15, 0.2) is 95.4 Å². The Morgan fingerprint density at radius 3 is 2.24 bits per heavy atom. The van der Waals surface area contributed by atoms with Gasteiger partial charge in [-0.25, -0.2) is 0 Å². The van der Waals surface area contributed by atoms with E-state index in [2.05, 4.69) is 124 Å². The molecule has 0 saturated heterocycles. The molecular weight excluding hydrogens is 464 g/mol. The minimum Gasteiger partial charge on any atom is -0.344 e. The Hall–Kier alpha value is -3.59. The summed E-state index contributed by atoms with van der Waals surface area (Å²) in [7, 11) is 0. The van der Waals surface area contributed by atoms with Crippen LogP contribution in [0, 0.1) is 0 Å². The number of nitrogens with zero attached hydrogens (tertiary/aromatic N) is 2. The van der Waals surface area contributed by atoms with Crippen molar-refractivity contribution in [2.45, 2.75) is 65.2 Å². The number of para-hydroxylation sites is 1. The van der Waals surface area contributed by atoms with E-state index in [9.17, 15) is 4.79 Å². The van der Waals surface area contributed by atoms with Gasteiger partial charge in [-0.1, -0.05) is 82.3 Å². The molecule has 3 nitrogen and oxygen atoms in total. The number of hydrogen-bond acceptors (Lipinski definition) is 3. The van der Waals surface area contributed by atoms with Gasteiger partial charge in [0.25, 0.3) is 0 Å². The van der Waals surface area contributed by atoms with Crippen LogP contribution < -0.4 is 9.80 Å². The number of Topliss-reactive ketones (excluding diaryl/α,β-unsaturated/α-hetero) is 1. The molecule has 0 bridgehead atoms. The third-order valence-electron chi connectivity index (χ3n) is 9.05. The third-order valence-corrected chi connectivity index (χ3v) is 9.05. The Labute approximate surface area is 227 Å². The lowest BCUT2D eigenvalue weighted by Crippen LogP contribution is -2.28. The first-order valence-corrected chi connectivity index (χ1v) is 14.1. The van der Waals surface area contributed by atoms with Crippen molar-refractivity contribution in [3.05, 3.63) is 106 Å². The van der Waals surface area contributed by atoms with Crippen LogP contribution in [0.1, 0.15) is 65.5 Å². The minimum absolute atomic E-state index is 0.152. The van der Waals surface area contributed by atoms with E-state index in [0.29, 0.717) is 0 Å². The van der Waals surface area contributed by atoms with Crippen LogP contribution >= 0.6 is 0 Å². The topological polar surface area (TPSA) is 23.6 Å². The Bertz CT molecular complexity index is 1570. The average Bonchev–Trinajstić information content (AvgIpc) is 3.46. The molecule has 1 aliphatic carbocycles. The van der Waals surface area contributed by atoms with Crippen molar-refractivity contribution in [3.8, 4) is 0 Å². The molecule has 2 heterocycles. The van der Waals surface area contributed by atoms with E-state index in [1.54, 1.807) is 0 Å². The summed E-state index contributed by atoms with van der Waals surface area (Å²) >= 11 is 0. The van der Waals surface area contributed by atoms with E-state index < -0.39 is 0 Å². The molecule has 0 atom stereocenters. The van der Waals surface area contributed by atoms with E-state index in [1.165, 1.54) is 44.7 Å².